The van der Waals surface area contributed by atoms with Crippen molar-refractivity contribution in [3.8, 4) is 5.75 Å². The molecule has 0 atom stereocenters. The number of anilines is 2. The number of nitrogens with one attached hydrogen (secondary N) is 1. The Morgan fingerprint density at radius 3 is 2.40 bits per heavy atom. The first-order chi connectivity index (χ1) is 14.1. The van der Waals surface area contributed by atoms with Gasteiger partial charge in [-0.05, 0) is 42.3 Å². The van der Waals surface area contributed by atoms with E-state index in [1.165, 1.54) is 36.9 Å². The SMILES string of the molecule is COc1cn(Cc2cc(F)cc(F)c2)c(Nc2cccc(C(F)(F)F)c2C)nc1=O. The van der Waals surface area contributed by atoms with Gasteiger partial charge in [0.1, 0.15) is 11.6 Å². The van der Waals surface area contributed by atoms with Gasteiger partial charge in [-0.1, -0.05) is 6.07 Å². The summed E-state index contributed by atoms with van der Waals surface area (Å²) in [6.45, 7) is 1.15. The number of halogens is 5. The molecule has 0 aliphatic carbocycles. The van der Waals surface area contributed by atoms with E-state index >= 15 is 0 Å². The van der Waals surface area contributed by atoms with Crippen LogP contribution in [0.15, 0.2) is 47.4 Å². The van der Waals surface area contributed by atoms with Crippen LogP contribution in [0.25, 0.3) is 0 Å². The largest absolute Gasteiger partial charge is 0.490 e. The predicted octanol–water partition coefficient (Wildman–Crippen LogP) is 4.65. The van der Waals surface area contributed by atoms with Crippen LogP contribution in [0.2, 0.25) is 0 Å². The minimum Gasteiger partial charge on any atom is -0.490 e. The van der Waals surface area contributed by atoms with E-state index in [2.05, 4.69) is 10.3 Å². The topological polar surface area (TPSA) is 56.1 Å². The number of aromatic nitrogens is 2. The van der Waals surface area contributed by atoms with E-state index in [4.69, 9.17) is 4.74 Å². The normalized spacial score (nSPS) is 11.4. The lowest BCUT2D eigenvalue weighted by molar-refractivity contribution is -0.138. The van der Waals surface area contributed by atoms with Crippen molar-refractivity contribution in [2.24, 2.45) is 0 Å². The fraction of sp³-hybridized carbons (Fsp3) is 0.200. The molecule has 3 aromatic rings. The molecule has 0 saturated carbocycles. The van der Waals surface area contributed by atoms with Gasteiger partial charge in [-0.3, -0.25) is 4.79 Å². The van der Waals surface area contributed by atoms with E-state index < -0.39 is 28.9 Å². The summed E-state index contributed by atoms with van der Waals surface area (Å²) in [4.78, 5) is 15.9. The van der Waals surface area contributed by atoms with Crippen LogP contribution in [0.4, 0.5) is 33.6 Å². The Hall–Kier alpha value is -3.43. The first-order valence-electron chi connectivity index (χ1n) is 8.62. The van der Waals surface area contributed by atoms with Gasteiger partial charge in [-0.15, -0.1) is 0 Å². The molecule has 2 aromatic carbocycles. The lowest BCUT2D eigenvalue weighted by Gasteiger charge is -2.18. The Balaban J connectivity index is 2.07. The minimum atomic E-state index is -4.56. The molecular formula is C20H16F5N3O2. The molecule has 158 valence electrons. The van der Waals surface area contributed by atoms with E-state index in [0.717, 1.165) is 18.2 Å². The molecular weight excluding hydrogens is 409 g/mol. The highest BCUT2D eigenvalue weighted by Gasteiger charge is 2.33. The number of hydrogen-bond acceptors (Lipinski definition) is 4. The van der Waals surface area contributed by atoms with E-state index in [0.29, 0.717) is 6.07 Å². The molecule has 0 saturated heterocycles. The highest BCUT2D eigenvalue weighted by molar-refractivity contribution is 5.61. The molecule has 0 radical (unpaired) electrons. The van der Waals surface area contributed by atoms with Gasteiger partial charge >= 0.3 is 11.7 Å². The molecule has 0 bridgehead atoms. The standard InChI is InChI=1S/C20H16F5N3O2/c1-11-15(20(23,24)25)4-3-5-16(11)26-19-27-18(29)17(30-2)10-28(19)9-12-6-13(21)8-14(22)7-12/h3-8,10H,9H2,1-2H3,(H,26,27,29). The number of rotatable bonds is 5. The second-order valence-corrected chi connectivity index (χ2v) is 6.44. The summed E-state index contributed by atoms with van der Waals surface area (Å²) < 4.78 is 72.9. The van der Waals surface area contributed by atoms with Gasteiger partial charge in [0, 0.05) is 11.8 Å². The molecule has 3 rings (SSSR count). The molecule has 30 heavy (non-hydrogen) atoms. The number of hydrogen-bond donors (Lipinski definition) is 1. The summed E-state index contributed by atoms with van der Waals surface area (Å²) >= 11 is 0. The second kappa shape index (κ2) is 8.13. The van der Waals surface area contributed by atoms with Crippen LogP contribution < -0.4 is 15.6 Å². The Morgan fingerprint density at radius 1 is 1.13 bits per heavy atom. The van der Waals surface area contributed by atoms with Crippen LogP contribution in [0, 0.1) is 18.6 Å². The molecule has 0 aliphatic heterocycles. The number of methoxy groups -OCH3 is 1. The van der Waals surface area contributed by atoms with Crippen molar-refractivity contribution in [2.45, 2.75) is 19.6 Å². The second-order valence-electron chi connectivity index (χ2n) is 6.44. The van der Waals surface area contributed by atoms with Crippen LogP contribution >= 0.6 is 0 Å². The minimum absolute atomic E-state index is 0.0704. The summed E-state index contributed by atoms with van der Waals surface area (Å²) in [5.74, 6) is -1.85. The van der Waals surface area contributed by atoms with Crippen molar-refractivity contribution in [3.63, 3.8) is 0 Å². The zero-order valence-electron chi connectivity index (χ0n) is 15.8. The Kier molecular flexibility index (Phi) is 5.77. The molecule has 10 heteroatoms. The first-order valence-corrected chi connectivity index (χ1v) is 8.62. The molecule has 5 nitrogen and oxygen atoms in total. The zero-order valence-corrected chi connectivity index (χ0v) is 15.8. The maximum absolute atomic E-state index is 13.5. The van der Waals surface area contributed by atoms with Crippen molar-refractivity contribution in [2.75, 3.05) is 12.4 Å². The molecule has 1 N–H and O–H groups in total. The van der Waals surface area contributed by atoms with Crippen molar-refractivity contribution >= 4 is 11.6 Å². The van der Waals surface area contributed by atoms with E-state index in [1.807, 2.05) is 0 Å². The zero-order chi connectivity index (χ0) is 22.1. The summed E-state index contributed by atoms with van der Waals surface area (Å²) in [5.41, 5.74) is -1.42. The summed E-state index contributed by atoms with van der Waals surface area (Å²) in [6.07, 6.45) is -3.31. The van der Waals surface area contributed by atoms with Crippen molar-refractivity contribution in [1.29, 1.82) is 0 Å². The smallest absolute Gasteiger partial charge is 0.416 e. The van der Waals surface area contributed by atoms with Gasteiger partial charge in [0.2, 0.25) is 11.7 Å². The van der Waals surface area contributed by atoms with Crippen LogP contribution in [0.3, 0.4) is 0 Å². The first kappa shape index (κ1) is 21.3. The Labute approximate surface area is 167 Å². The van der Waals surface area contributed by atoms with E-state index in [1.54, 1.807) is 0 Å². The van der Waals surface area contributed by atoms with E-state index in [9.17, 15) is 26.7 Å². The average Bonchev–Trinajstić information content (AvgIpc) is 2.63. The Bertz CT molecular complexity index is 1120. The molecule has 0 aliphatic rings. The molecule has 1 heterocycles. The monoisotopic (exact) mass is 425 g/mol. The average molecular weight is 425 g/mol. The van der Waals surface area contributed by atoms with Gasteiger partial charge in [0.05, 0.1) is 25.4 Å². The lowest BCUT2D eigenvalue weighted by Crippen LogP contribution is -2.19. The quantitative estimate of drug-likeness (QED) is 0.605. The number of alkyl halides is 3. The van der Waals surface area contributed by atoms with Gasteiger partial charge in [-0.25, -0.2) is 8.78 Å². The van der Waals surface area contributed by atoms with Crippen LogP contribution in [0.5, 0.6) is 5.75 Å². The van der Waals surface area contributed by atoms with Crippen molar-refractivity contribution in [1.82, 2.24) is 9.55 Å². The fourth-order valence-corrected chi connectivity index (χ4v) is 2.93. The maximum Gasteiger partial charge on any atom is 0.416 e. The number of ether oxygens (including phenoxy) is 1. The molecule has 0 fully saturated rings. The van der Waals surface area contributed by atoms with Gasteiger partial charge in [0.25, 0.3) is 0 Å². The summed E-state index contributed by atoms with van der Waals surface area (Å²) in [6, 6.07) is 6.43. The summed E-state index contributed by atoms with van der Waals surface area (Å²) in [5, 5.41) is 2.70. The molecule has 0 spiro atoms. The predicted molar refractivity (Wildman–Crippen MR) is 100.0 cm³/mol. The third-order valence-corrected chi connectivity index (χ3v) is 4.34. The van der Waals surface area contributed by atoms with Crippen LogP contribution in [0.1, 0.15) is 16.7 Å². The molecule has 0 amide bonds. The molecule has 0 unspecified atom stereocenters. The third-order valence-electron chi connectivity index (χ3n) is 4.34. The fourth-order valence-electron chi connectivity index (χ4n) is 2.93. The van der Waals surface area contributed by atoms with E-state index in [-0.39, 0.29) is 35.1 Å². The highest BCUT2D eigenvalue weighted by atomic mass is 19.4. The van der Waals surface area contributed by atoms with Crippen LogP contribution in [-0.4, -0.2) is 16.7 Å². The summed E-state index contributed by atoms with van der Waals surface area (Å²) in [7, 11) is 1.24. The van der Waals surface area contributed by atoms with Crippen molar-refractivity contribution < 1.29 is 26.7 Å². The third kappa shape index (κ3) is 4.58. The lowest BCUT2D eigenvalue weighted by atomic mass is 10.1. The maximum atomic E-state index is 13.5. The number of nitrogens with zero attached hydrogens (tertiary/aromatic N) is 2. The van der Waals surface area contributed by atoms with Crippen LogP contribution in [-0.2, 0) is 12.7 Å². The number of benzene rings is 2. The van der Waals surface area contributed by atoms with Crippen molar-refractivity contribution in [3.05, 3.63) is 81.3 Å². The van der Waals surface area contributed by atoms with Gasteiger partial charge < -0.3 is 14.6 Å². The molecule has 1 aromatic heterocycles. The highest BCUT2D eigenvalue weighted by Crippen LogP contribution is 2.35. The Morgan fingerprint density at radius 2 is 1.80 bits per heavy atom. The van der Waals surface area contributed by atoms with Gasteiger partial charge in [-0.2, -0.15) is 18.2 Å². The van der Waals surface area contributed by atoms with Gasteiger partial charge in [0.15, 0.2) is 0 Å².